The average Bonchev–Trinajstić information content (AvgIpc) is 2.86. The number of β-amino-alcohol motifs (C(OH)–C–C–N with tert-alkyl or cyclic N) is 1. The van der Waals surface area contributed by atoms with Crippen LogP contribution in [-0.2, 0) is 9.59 Å². The fraction of sp³-hybridized carbons (Fsp3) is 0.846. The first kappa shape index (κ1) is 13.5. The van der Waals surface area contributed by atoms with E-state index < -0.39 is 6.10 Å². The summed E-state index contributed by atoms with van der Waals surface area (Å²) in [5.41, 5.74) is 0. The summed E-state index contributed by atoms with van der Waals surface area (Å²) in [5.74, 6) is 0.123. The first-order chi connectivity index (χ1) is 8.58. The molecule has 18 heavy (non-hydrogen) atoms. The number of aliphatic hydroxyl groups excluding tert-OH is 1. The number of fused-ring (bicyclic) bond motifs is 1. The van der Waals surface area contributed by atoms with E-state index in [1.54, 1.807) is 7.05 Å². The van der Waals surface area contributed by atoms with Gasteiger partial charge in [-0.15, -0.1) is 0 Å². The standard InChI is InChI=1S/C13H22N2O3/c1-3-8-4-10-11(5-8)13(18)15(12(10)17)7-9(16)6-14-2/h8-11,14,16H,3-7H2,1-2H3. The average molecular weight is 254 g/mol. The van der Waals surface area contributed by atoms with Gasteiger partial charge in [-0.25, -0.2) is 0 Å². The Morgan fingerprint density at radius 3 is 2.33 bits per heavy atom. The van der Waals surface area contributed by atoms with E-state index in [9.17, 15) is 14.7 Å². The molecule has 1 aliphatic heterocycles. The number of likely N-dealkylation sites (N-methyl/N-ethyl adjacent to an activating group) is 1. The van der Waals surface area contributed by atoms with Gasteiger partial charge in [0.05, 0.1) is 24.5 Å². The first-order valence-electron chi connectivity index (χ1n) is 6.76. The van der Waals surface area contributed by atoms with Crippen LogP contribution in [0.4, 0.5) is 0 Å². The molecule has 2 aliphatic rings. The van der Waals surface area contributed by atoms with Crippen molar-refractivity contribution in [2.24, 2.45) is 17.8 Å². The number of carbonyl (C=O) groups is 2. The zero-order valence-corrected chi connectivity index (χ0v) is 11.1. The van der Waals surface area contributed by atoms with Gasteiger partial charge >= 0.3 is 0 Å². The summed E-state index contributed by atoms with van der Waals surface area (Å²) in [4.78, 5) is 25.6. The van der Waals surface area contributed by atoms with Crippen LogP contribution in [0.5, 0.6) is 0 Å². The molecule has 2 rings (SSSR count). The molecule has 0 spiro atoms. The lowest BCUT2D eigenvalue weighted by molar-refractivity contribution is -0.142. The summed E-state index contributed by atoms with van der Waals surface area (Å²) in [6.07, 6.45) is 2.04. The van der Waals surface area contributed by atoms with Gasteiger partial charge in [0.25, 0.3) is 0 Å². The van der Waals surface area contributed by atoms with E-state index in [1.165, 1.54) is 4.90 Å². The summed E-state index contributed by atoms with van der Waals surface area (Å²) in [7, 11) is 1.73. The van der Waals surface area contributed by atoms with Gasteiger partial charge < -0.3 is 10.4 Å². The topological polar surface area (TPSA) is 69.6 Å². The van der Waals surface area contributed by atoms with Gasteiger partial charge in [-0.05, 0) is 25.8 Å². The van der Waals surface area contributed by atoms with Gasteiger partial charge in [-0.3, -0.25) is 14.5 Å². The number of carbonyl (C=O) groups excluding carboxylic acids is 2. The van der Waals surface area contributed by atoms with E-state index in [0.29, 0.717) is 12.5 Å². The lowest BCUT2D eigenvalue weighted by Crippen LogP contribution is -2.41. The highest BCUT2D eigenvalue weighted by Crippen LogP contribution is 2.44. The number of nitrogens with zero attached hydrogens (tertiary/aromatic N) is 1. The molecular formula is C13H22N2O3. The SMILES string of the molecule is CCC1CC2C(=O)N(CC(O)CNC)C(=O)C2C1. The number of likely N-dealkylation sites (tertiary alicyclic amines) is 1. The molecule has 1 heterocycles. The zero-order chi connectivity index (χ0) is 13.3. The van der Waals surface area contributed by atoms with Crippen molar-refractivity contribution < 1.29 is 14.7 Å². The van der Waals surface area contributed by atoms with E-state index in [4.69, 9.17) is 0 Å². The highest BCUT2D eigenvalue weighted by atomic mass is 16.3. The van der Waals surface area contributed by atoms with Crippen LogP contribution in [0.25, 0.3) is 0 Å². The molecule has 1 aliphatic carbocycles. The van der Waals surface area contributed by atoms with E-state index in [1.807, 2.05) is 0 Å². The minimum Gasteiger partial charge on any atom is -0.390 e. The van der Waals surface area contributed by atoms with Gasteiger partial charge in [0.15, 0.2) is 0 Å². The minimum atomic E-state index is -0.677. The maximum Gasteiger partial charge on any atom is 0.233 e. The second-order valence-corrected chi connectivity index (χ2v) is 5.46. The van der Waals surface area contributed by atoms with Crippen LogP contribution in [0.3, 0.4) is 0 Å². The Kier molecular flexibility index (Phi) is 4.02. The van der Waals surface area contributed by atoms with Crippen molar-refractivity contribution in [1.29, 1.82) is 0 Å². The number of hydrogen-bond donors (Lipinski definition) is 2. The van der Waals surface area contributed by atoms with Gasteiger partial charge in [-0.1, -0.05) is 13.3 Å². The Balaban J connectivity index is 2.00. The van der Waals surface area contributed by atoms with Gasteiger partial charge in [0.1, 0.15) is 0 Å². The molecule has 2 N–H and O–H groups in total. The van der Waals surface area contributed by atoms with Crippen LogP contribution in [0.2, 0.25) is 0 Å². The molecule has 0 radical (unpaired) electrons. The molecule has 102 valence electrons. The van der Waals surface area contributed by atoms with E-state index in [2.05, 4.69) is 12.2 Å². The number of aliphatic hydroxyl groups is 1. The number of nitrogens with one attached hydrogen (secondary N) is 1. The summed E-state index contributed by atoms with van der Waals surface area (Å²) in [6.45, 7) is 2.63. The molecule has 0 aromatic heterocycles. The zero-order valence-electron chi connectivity index (χ0n) is 11.1. The van der Waals surface area contributed by atoms with Crippen LogP contribution >= 0.6 is 0 Å². The number of hydrogen-bond acceptors (Lipinski definition) is 4. The highest BCUT2D eigenvalue weighted by Gasteiger charge is 2.52. The molecule has 5 heteroatoms. The predicted octanol–water partition coefficient (Wildman–Crippen LogP) is -0.0121. The Morgan fingerprint density at radius 2 is 1.89 bits per heavy atom. The molecule has 5 nitrogen and oxygen atoms in total. The number of amides is 2. The lowest BCUT2D eigenvalue weighted by atomic mass is 10.00. The van der Waals surface area contributed by atoms with E-state index in [-0.39, 0.29) is 30.2 Å². The van der Waals surface area contributed by atoms with Gasteiger partial charge in [-0.2, -0.15) is 0 Å². The van der Waals surface area contributed by atoms with Crippen molar-refractivity contribution in [2.75, 3.05) is 20.1 Å². The molecule has 0 bridgehead atoms. The molecule has 1 saturated carbocycles. The van der Waals surface area contributed by atoms with Crippen LogP contribution in [0, 0.1) is 17.8 Å². The molecule has 3 unspecified atom stereocenters. The van der Waals surface area contributed by atoms with E-state index >= 15 is 0 Å². The fourth-order valence-electron chi connectivity index (χ4n) is 3.22. The Labute approximate surface area is 108 Å². The number of imide groups is 1. The smallest absolute Gasteiger partial charge is 0.233 e. The maximum atomic E-state index is 12.2. The van der Waals surface area contributed by atoms with Gasteiger partial charge in [0, 0.05) is 6.54 Å². The van der Waals surface area contributed by atoms with Crippen LogP contribution < -0.4 is 5.32 Å². The third-order valence-corrected chi connectivity index (χ3v) is 4.24. The van der Waals surface area contributed by atoms with Crippen LogP contribution in [0.1, 0.15) is 26.2 Å². The largest absolute Gasteiger partial charge is 0.390 e. The Hall–Kier alpha value is -0.940. The highest BCUT2D eigenvalue weighted by molar-refractivity contribution is 6.05. The van der Waals surface area contributed by atoms with Crippen LogP contribution in [0.15, 0.2) is 0 Å². The quantitative estimate of drug-likeness (QED) is 0.677. The third kappa shape index (κ3) is 2.29. The number of rotatable bonds is 5. The fourth-order valence-corrected chi connectivity index (χ4v) is 3.22. The van der Waals surface area contributed by atoms with Crippen molar-refractivity contribution in [3.8, 4) is 0 Å². The predicted molar refractivity (Wildman–Crippen MR) is 66.6 cm³/mol. The Morgan fingerprint density at radius 1 is 1.33 bits per heavy atom. The molecule has 2 fully saturated rings. The van der Waals surface area contributed by atoms with Crippen molar-refractivity contribution in [2.45, 2.75) is 32.3 Å². The monoisotopic (exact) mass is 254 g/mol. The Bertz CT molecular complexity index is 321. The second-order valence-electron chi connectivity index (χ2n) is 5.46. The molecule has 0 aromatic carbocycles. The molecule has 2 amide bonds. The molecular weight excluding hydrogens is 232 g/mol. The van der Waals surface area contributed by atoms with Gasteiger partial charge in [0.2, 0.25) is 11.8 Å². The van der Waals surface area contributed by atoms with Crippen molar-refractivity contribution in [3.05, 3.63) is 0 Å². The van der Waals surface area contributed by atoms with E-state index in [0.717, 1.165) is 19.3 Å². The third-order valence-electron chi connectivity index (χ3n) is 4.24. The normalized spacial score (nSPS) is 33.1. The summed E-state index contributed by atoms with van der Waals surface area (Å²) >= 11 is 0. The first-order valence-corrected chi connectivity index (χ1v) is 6.76. The van der Waals surface area contributed by atoms with Crippen molar-refractivity contribution in [1.82, 2.24) is 10.2 Å². The van der Waals surface area contributed by atoms with Crippen molar-refractivity contribution >= 4 is 11.8 Å². The summed E-state index contributed by atoms with van der Waals surface area (Å²) in [6, 6.07) is 0. The maximum absolute atomic E-state index is 12.2. The summed E-state index contributed by atoms with van der Waals surface area (Å²) in [5, 5.41) is 12.5. The molecule has 0 aromatic rings. The molecule has 3 atom stereocenters. The lowest BCUT2D eigenvalue weighted by Gasteiger charge is -2.20. The minimum absolute atomic E-state index is 0.0731. The second kappa shape index (κ2) is 5.36. The molecule has 1 saturated heterocycles. The van der Waals surface area contributed by atoms with Crippen LogP contribution in [-0.4, -0.2) is 48.1 Å². The summed E-state index contributed by atoms with van der Waals surface area (Å²) < 4.78 is 0. The van der Waals surface area contributed by atoms with Crippen molar-refractivity contribution in [3.63, 3.8) is 0 Å².